The number of aliphatic hydroxyl groups excluding tert-OH is 1. The van der Waals surface area contributed by atoms with Crippen LogP contribution in [0, 0.1) is 0 Å². The highest BCUT2D eigenvalue weighted by molar-refractivity contribution is 7.99. The second-order valence-electron chi connectivity index (χ2n) is 19.9. The molecule has 2 fully saturated rings. The van der Waals surface area contributed by atoms with Crippen LogP contribution in [0.3, 0.4) is 0 Å². The average Bonchev–Trinajstić information content (AvgIpc) is 3.67. The summed E-state index contributed by atoms with van der Waals surface area (Å²) in [5.41, 5.74) is 6.15. The lowest BCUT2D eigenvalue weighted by molar-refractivity contribution is -0.282. The van der Waals surface area contributed by atoms with Gasteiger partial charge in [0.1, 0.15) is 60.4 Å². The van der Waals surface area contributed by atoms with Gasteiger partial charge in [-0.2, -0.15) is 0 Å². The zero-order chi connectivity index (χ0) is 54.4. The molecule has 0 saturated carbocycles. The Hall–Kier alpha value is -6.33. The Morgan fingerprint density at radius 2 is 0.600 bits per heavy atom. The molecule has 11 nitrogen and oxygen atoms in total. The molecule has 2 heterocycles. The monoisotopic (exact) mass is 1090 g/mol. The molecule has 12 heteroatoms. The third kappa shape index (κ3) is 16.6. The van der Waals surface area contributed by atoms with Gasteiger partial charge < -0.3 is 52.5 Å². The summed E-state index contributed by atoms with van der Waals surface area (Å²) in [6.07, 6.45) is -9.21. The second kappa shape index (κ2) is 30.5. The van der Waals surface area contributed by atoms with Crippen LogP contribution in [0.5, 0.6) is 0 Å². The number of aliphatic hydroxyl groups is 1. The minimum atomic E-state index is -1.42. The van der Waals surface area contributed by atoms with Gasteiger partial charge in [-0.1, -0.05) is 242 Å². The van der Waals surface area contributed by atoms with E-state index in [9.17, 15) is 5.11 Å². The summed E-state index contributed by atoms with van der Waals surface area (Å²) in [6.45, 7) is 1.68. The molecule has 8 aromatic rings. The van der Waals surface area contributed by atoms with Crippen molar-refractivity contribution in [3.8, 4) is 0 Å². The van der Waals surface area contributed by atoms with Crippen molar-refractivity contribution >= 4 is 11.8 Å². The Balaban J connectivity index is 1.02. The van der Waals surface area contributed by atoms with E-state index in [-0.39, 0.29) is 46.2 Å². The maximum atomic E-state index is 13.1. The van der Waals surface area contributed by atoms with E-state index in [1.807, 2.05) is 231 Å². The average molecular weight is 1100 g/mol. The molecule has 0 spiro atoms. The Bertz CT molecular complexity index is 2940. The lowest BCUT2D eigenvalue weighted by Gasteiger charge is -2.46. The fourth-order valence-corrected chi connectivity index (χ4v) is 11.0. The van der Waals surface area contributed by atoms with E-state index < -0.39 is 66.7 Å². The highest BCUT2D eigenvalue weighted by Crippen LogP contribution is 2.39. The van der Waals surface area contributed by atoms with Crippen LogP contribution in [-0.4, -0.2) is 85.0 Å². The summed E-state index contributed by atoms with van der Waals surface area (Å²) in [4.78, 5) is 0.985. The quantitative estimate of drug-likeness (QED) is 0.0529. The van der Waals surface area contributed by atoms with E-state index in [4.69, 9.17) is 47.4 Å². The van der Waals surface area contributed by atoms with Gasteiger partial charge in [0.2, 0.25) is 0 Å². The highest BCUT2D eigenvalue weighted by atomic mass is 32.2. The summed E-state index contributed by atoms with van der Waals surface area (Å²) in [5.74, 6) is 0. The molecule has 10 rings (SSSR count). The molecule has 2 saturated heterocycles. The molecular formula is C68H70O11S. The first-order valence-corrected chi connectivity index (χ1v) is 28.3. The lowest BCUT2D eigenvalue weighted by atomic mass is 9.98. The third-order valence-corrected chi connectivity index (χ3v) is 15.2. The van der Waals surface area contributed by atoms with Crippen molar-refractivity contribution in [1.29, 1.82) is 0 Å². The van der Waals surface area contributed by atoms with Gasteiger partial charge in [0.15, 0.2) is 6.29 Å². The molecule has 0 aliphatic carbocycles. The first kappa shape index (κ1) is 56.9. The van der Waals surface area contributed by atoms with E-state index in [1.54, 1.807) is 11.8 Å². The van der Waals surface area contributed by atoms with Gasteiger partial charge in [0.25, 0.3) is 0 Å². The molecule has 11 atom stereocenters. The van der Waals surface area contributed by atoms with Crippen molar-refractivity contribution in [3.63, 3.8) is 0 Å². The van der Waals surface area contributed by atoms with Gasteiger partial charge in [0, 0.05) is 4.90 Å². The first-order valence-electron chi connectivity index (χ1n) is 27.5. The zero-order valence-electron chi connectivity index (χ0n) is 44.7. The Morgan fingerprint density at radius 1 is 0.300 bits per heavy atom. The van der Waals surface area contributed by atoms with Crippen molar-refractivity contribution in [2.75, 3.05) is 13.2 Å². The van der Waals surface area contributed by atoms with Crippen molar-refractivity contribution in [3.05, 3.63) is 282 Å². The number of hydrogen-bond donors (Lipinski definition) is 1. The van der Waals surface area contributed by atoms with Crippen LogP contribution in [0.15, 0.2) is 248 Å². The summed E-state index contributed by atoms with van der Waals surface area (Å²) in [7, 11) is 0. The third-order valence-electron chi connectivity index (χ3n) is 14.1. The van der Waals surface area contributed by atoms with Crippen LogP contribution in [-0.2, 0) is 93.6 Å². The molecule has 8 aromatic carbocycles. The largest absolute Gasteiger partial charge is 0.385 e. The van der Waals surface area contributed by atoms with Crippen LogP contribution >= 0.6 is 11.8 Å². The highest BCUT2D eigenvalue weighted by Gasteiger charge is 2.52. The van der Waals surface area contributed by atoms with E-state index in [2.05, 4.69) is 12.1 Å². The van der Waals surface area contributed by atoms with Gasteiger partial charge in [-0.3, -0.25) is 0 Å². The van der Waals surface area contributed by atoms with Crippen LogP contribution in [0.1, 0.15) is 38.9 Å². The van der Waals surface area contributed by atoms with E-state index in [0.29, 0.717) is 13.2 Å². The Labute approximate surface area is 474 Å². The van der Waals surface area contributed by atoms with Gasteiger partial charge >= 0.3 is 0 Å². The molecule has 0 radical (unpaired) electrons. The summed E-state index contributed by atoms with van der Waals surface area (Å²) in [5, 5.41) is 13.1. The van der Waals surface area contributed by atoms with Crippen molar-refractivity contribution < 1.29 is 52.5 Å². The maximum Gasteiger partial charge on any atom is 0.186 e. The second-order valence-corrected chi connectivity index (χ2v) is 21.1. The molecule has 0 unspecified atom stereocenters. The van der Waals surface area contributed by atoms with Crippen molar-refractivity contribution in [1.82, 2.24) is 0 Å². The normalized spacial score (nSPS) is 24.0. The molecule has 414 valence electrons. The summed E-state index contributed by atoms with van der Waals surface area (Å²) < 4.78 is 70.0. The molecular weight excluding hydrogens is 1020 g/mol. The first-order chi connectivity index (χ1) is 39.6. The predicted octanol–water partition coefficient (Wildman–Crippen LogP) is 12.3. The van der Waals surface area contributed by atoms with Gasteiger partial charge in [-0.15, -0.1) is 0 Å². The molecule has 0 aromatic heterocycles. The number of hydrogen-bond acceptors (Lipinski definition) is 12. The van der Waals surface area contributed by atoms with E-state index in [1.165, 1.54) is 0 Å². The number of thioether (sulfide) groups is 1. The van der Waals surface area contributed by atoms with E-state index >= 15 is 0 Å². The molecule has 80 heavy (non-hydrogen) atoms. The van der Waals surface area contributed by atoms with Gasteiger partial charge in [0.05, 0.1) is 59.5 Å². The molecule has 0 bridgehead atoms. The van der Waals surface area contributed by atoms with E-state index in [0.717, 1.165) is 43.8 Å². The van der Waals surface area contributed by atoms with Crippen LogP contribution < -0.4 is 0 Å². The van der Waals surface area contributed by atoms with Gasteiger partial charge in [-0.05, 0) is 51.1 Å². The van der Waals surface area contributed by atoms with Crippen LogP contribution in [0.4, 0.5) is 0 Å². The Morgan fingerprint density at radius 3 is 0.988 bits per heavy atom. The fourth-order valence-electron chi connectivity index (χ4n) is 9.90. The zero-order valence-corrected chi connectivity index (χ0v) is 45.6. The van der Waals surface area contributed by atoms with Crippen LogP contribution in [0.2, 0.25) is 0 Å². The Kier molecular flexibility index (Phi) is 21.7. The van der Waals surface area contributed by atoms with Crippen molar-refractivity contribution in [2.45, 2.75) is 118 Å². The number of benzene rings is 8. The van der Waals surface area contributed by atoms with Crippen molar-refractivity contribution in [2.24, 2.45) is 0 Å². The minimum Gasteiger partial charge on any atom is -0.385 e. The lowest BCUT2D eigenvalue weighted by Crippen LogP contribution is -2.60. The number of rotatable bonds is 27. The summed E-state index contributed by atoms with van der Waals surface area (Å²) >= 11 is 1.55. The summed E-state index contributed by atoms with van der Waals surface area (Å²) in [6, 6.07) is 80.1. The SMILES string of the molecule is O[C@@H]1[C@@H](OC[C@H]2O[C@@H](Sc3ccccc3)[C@H](OCc3ccccc3)[C@@H](OCc3ccccc3)[C@@H]2OCc2ccccc2)O[C@H](COCc2ccccc2)[C@@H](OCc2ccccc2)[C@H](OCc2ccccc2)[C@H]1OCc1ccccc1. The molecule has 1 N–H and O–H groups in total. The topological polar surface area (TPSA) is 113 Å². The van der Waals surface area contributed by atoms with Gasteiger partial charge in [-0.25, -0.2) is 0 Å². The molecule has 0 amide bonds. The minimum absolute atomic E-state index is 0.0614. The molecule has 2 aliphatic heterocycles. The standard InChI is InChI=1S/C68H70O11S/c69-60-63(73-44-53-31-15-4-16-32-53)64(74-45-54-33-17-5-18-34-54)61(71-42-51-27-11-2-12-28-51)58(48-70-41-50-25-9-1-10-26-50)78-67(60)77-49-59-62(72-43-52-29-13-3-14-30-52)65(75-46-55-35-19-6-20-36-55)66(76-47-56-37-21-7-22-38-56)68(79-59)80-57-39-23-8-24-40-57/h1-40,58-69H,41-49H2/t58-,59-,60+,61-,62-,63+,64+,65+,66-,67+,68+/m1/s1. The number of ether oxygens (including phenoxy) is 10. The maximum absolute atomic E-state index is 13.1. The smallest absolute Gasteiger partial charge is 0.186 e. The fraction of sp³-hybridized carbons (Fsp3) is 0.294. The van der Waals surface area contributed by atoms with Crippen LogP contribution in [0.25, 0.3) is 0 Å². The predicted molar refractivity (Wildman–Crippen MR) is 308 cm³/mol. The molecule has 2 aliphatic rings.